The predicted molar refractivity (Wildman–Crippen MR) is 75.4 cm³/mol. The fraction of sp³-hybridized carbons (Fsp3) is 0.929. The molecule has 0 aliphatic heterocycles. The number of carbonyl (C=O) groups is 1. The minimum Gasteiger partial charge on any atom is -0.356 e. The van der Waals surface area contributed by atoms with Crippen molar-refractivity contribution in [3.63, 3.8) is 0 Å². The second kappa shape index (κ2) is 7.74. The largest absolute Gasteiger partial charge is 0.356 e. The standard InChI is InChI=1S/C14H29N3O/c1-17(2)11-7-6-10-16-13(18)12-14(15)8-4-3-5-9-14/h3-12,15H2,1-2H3,(H,16,18). The smallest absolute Gasteiger partial charge is 0.221 e. The number of hydrogen-bond donors (Lipinski definition) is 2. The van der Waals surface area contributed by atoms with Crippen LogP contribution < -0.4 is 11.1 Å². The van der Waals surface area contributed by atoms with Crippen molar-refractivity contribution in [1.29, 1.82) is 0 Å². The molecule has 0 aromatic rings. The molecule has 0 unspecified atom stereocenters. The second-order valence-corrected chi connectivity index (χ2v) is 5.96. The number of nitrogens with one attached hydrogen (secondary N) is 1. The Hall–Kier alpha value is -0.610. The lowest BCUT2D eigenvalue weighted by atomic mass is 9.80. The van der Waals surface area contributed by atoms with E-state index in [1.54, 1.807) is 0 Å². The van der Waals surface area contributed by atoms with E-state index >= 15 is 0 Å². The molecule has 106 valence electrons. The zero-order valence-corrected chi connectivity index (χ0v) is 12.0. The predicted octanol–water partition coefficient (Wildman–Crippen LogP) is 1.50. The first-order valence-electron chi connectivity index (χ1n) is 7.22. The van der Waals surface area contributed by atoms with Crippen LogP contribution in [0.15, 0.2) is 0 Å². The lowest BCUT2D eigenvalue weighted by Crippen LogP contribution is -2.46. The van der Waals surface area contributed by atoms with Crippen LogP contribution in [0.4, 0.5) is 0 Å². The van der Waals surface area contributed by atoms with Gasteiger partial charge in [0.05, 0.1) is 0 Å². The van der Waals surface area contributed by atoms with Crippen molar-refractivity contribution in [2.75, 3.05) is 27.2 Å². The molecular formula is C14H29N3O. The maximum atomic E-state index is 11.8. The molecule has 0 atom stereocenters. The highest BCUT2D eigenvalue weighted by Crippen LogP contribution is 2.28. The van der Waals surface area contributed by atoms with Crippen molar-refractivity contribution < 1.29 is 4.79 Å². The third kappa shape index (κ3) is 6.36. The molecule has 0 aromatic carbocycles. The maximum Gasteiger partial charge on any atom is 0.221 e. The van der Waals surface area contributed by atoms with E-state index in [0.717, 1.165) is 38.8 Å². The summed E-state index contributed by atoms with van der Waals surface area (Å²) < 4.78 is 0. The van der Waals surface area contributed by atoms with Crippen molar-refractivity contribution in [2.45, 2.75) is 56.9 Å². The molecule has 4 heteroatoms. The van der Waals surface area contributed by atoms with Gasteiger partial charge in [-0.2, -0.15) is 0 Å². The fourth-order valence-electron chi connectivity index (χ4n) is 2.60. The van der Waals surface area contributed by atoms with Crippen LogP contribution in [0.3, 0.4) is 0 Å². The van der Waals surface area contributed by atoms with Gasteiger partial charge in [-0.15, -0.1) is 0 Å². The Morgan fingerprint density at radius 3 is 2.50 bits per heavy atom. The van der Waals surface area contributed by atoms with E-state index < -0.39 is 0 Å². The molecule has 0 heterocycles. The molecule has 18 heavy (non-hydrogen) atoms. The molecule has 0 saturated heterocycles. The Labute approximate surface area is 111 Å². The lowest BCUT2D eigenvalue weighted by Gasteiger charge is -2.32. The molecule has 1 saturated carbocycles. The fourth-order valence-corrected chi connectivity index (χ4v) is 2.60. The van der Waals surface area contributed by atoms with E-state index in [2.05, 4.69) is 24.3 Å². The van der Waals surface area contributed by atoms with E-state index in [0.29, 0.717) is 6.42 Å². The van der Waals surface area contributed by atoms with Crippen LogP contribution in [0.2, 0.25) is 0 Å². The van der Waals surface area contributed by atoms with Gasteiger partial charge in [-0.05, 0) is 46.3 Å². The van der Waals surface area contributed by atoms with Crippen molar-refractivity contribution >= 4 is 5.91 Å². The van der Waals surface area contributed by atoms with E-state index in [1.165, 1.54) is 19.3 Å². The summed E-state index contributed by atoms with van der Waals surface area (Å²) in [4.78, 5) is 14.0. The van der Waals surface area contributed by atoms with Crippen LogP contribution in [-0.2, 0) is 4.79 Å². The summed E-state index contributed by atoms with van der Waals surface area (Å²) in [5.74, 6) is 0.129. The summed E-state index contributed by atoms with van der Waals surface area (Å²) in [6.45, 7) is 1.86. The number of nitrogens with two attached hydrogens (primary N) is 1. The summed E-state index contributed by atoms with van der Waals surface area (Å²) >= 11 is 0. The summed E-state index contributed by atoms with van der Waals surface area (Å²) in [5, 5.41) is 2.99. The summed E-state index contributed by atoms with van der Waals surface area (Å²) in [5.41, 5.74) is 6.03. The molecule has 1 rings (SSSR count). The molecule has 0 aromatic heterocycles. The molecule has 1 aliphatic rings. The van der Waals surface area contributed by atoms with Crippen molar-refractivity contribution in [1.82, 2.24) is 10.2 Å². The number of carbonyl (C=O) groups excluding carboxylic acids is 1. The van der Waals surface area contributed by atoms with Gasteiger partial charge in [0.25, 0.3) is 0 Å². The monoisotopic (exact) mass is 255 g/mol. The van der Waals surface area contributed by atoms with Crippen LogP contribution in [-0.4, -0.2) is 43.5 Å². The van der Waals surface area contributed by atoms with Gasteiger partial charge in [-0.1, -0.05) is 19.3 Å². The summed E-state index contributed by atoms with van der Waals surface area (Å²) in [7, 11) is 4.14. The number of unbranched alkanes of at least 4 members (excludes halogenated alkanes) is 1. The highest BCUT2D eigenvalue weighted by molar-refractivity contribution is 5.77. The summed E-state index contributed by atoms with van der Waals surface area (Å²) in [6, 6.07) is 0. The van der Waals surface area contributed by atoms with Crippen LogP contribution in [0, 0.1) is 0 Å². The van der Waals surface area contributed by atoms with E-state index in [9.17, 15) is 4.79 Å². The van der Waals surface area contributed by atoms with Crippen molar-refractivity contribution in [3.05, 3.63) is 0 Å². The highest BCUT2D eigenvalue weighted by Gasteiger charge is 2.29. The minimum atomic E-state index is -0.230. The van der Waals surface area contributed by atoms with E-state index in [1.807, 2.05) is 0 Å². The first kappa shape index (κ1) is 15.4. The Morgan fingerprint density at radius 2 is 1.89 bits per heavy atom. The Balaban J connectivity index is 2.09. The number of nitrogens with zero attached hydrogens (tertiary/aromatic N) is 1. The van der Waals surface area contributed by atoms with E-state index in [4.69, 9.17) is 5.73 Å². The van der Waals surface area contributed by atoms with Gasteiger partial charge in [0.2, 0.25) is 5.91 Å². The van der Waals surface area contributed by atoms with Gasteiger partial charge in [0.15, 0.2) is 0 Å². The average molecular weight is 255 g/mol. The zero-order chi connectivity index (χ0) is 13.4. The Kier molecular flexibility index (Phi) is 6.65. The molecular weight excluding hydrogens is 226 g/mol. The van der Waals surface area contributed by atoms with Gasteiger partial charge in [-0.3, -0.25) is 4.79 Å². The van der Waals surface area contributed by atoms with Crippen LogP contribution >= 0.6 is 0 Å². The quantitative estimate of drug-likeness (QED) is 0.678. The lowest BCUT2D eigenvalue weighted by molar-refractivity contribution is -0.122. The van der Waals surface area contributed by atoms with Crippen LogP contribution in [0.1, 0.15) is 51.4 Å². The van der Waals surface area contributed by atoms with Gasteiger partial charge in [0, 0.05) is 18.5 Å². The highest BCUT2D eigenvalue weighted by atomic mass is 16.1. The SMILES string of the molecule is CN(C)CCCCNC(=O)CC1(N)CCCCC1. The third-order valence-corrected chi connectivity index (χ3v) is 3.72. The molecule has 0 bridgehead atoms. The zero-order valence-electron chi connectivity index (χ0n) is 12.0. The van der Waals surface area contributed by atoms with Crippen molar-refractivity contribution in [2.24, 2.45) is 5.73 Å². The maximum absolute atomic E-state index is 11.8. The topological polar surface area (TPSA) is 58.4 Å². The third-order valence-electron chi connectivity index (χ3n) is 3.72. The molecule has 1 fully saturated rings. The molecule has 4 nitrogen and oxygen atoms in total. The van der Waals surface area contributed by atoms with Crippen molar-refractivity contribution in [3.8, 4) is 0 Å². The Bertz CT molecular complexity index is 247. The normalized spacial score (nSPS) is 18.9. The van der Waals surface area contributed by atoms with Crippen LogP contribution in [0.5, 0.6) is 0 Å². The Morgan fingerprint density at radius 1 is 1.22 bits per heavy atom. The molecule has 0 spiro atoms. The molecule has 1 amide bonds. The number of rotatable bonds is 7. The second-order valence-electron chi connectivity index (χ2n) is 5.96. The van der Waals surface area contributed by atoms with Crippen LogP contribution in [0.25, 0.3) is 0 Å². The summed E-state index contributed by atoms with van der Waals surface area (Å²) in [6.07, 6.45) is 8.29. The number of amides is 1. The van der Waals surface area contributed by atoms with Gasteiger partial charge < -0.3 is 16.0 Å². The number of hydrogen-bond acceptors (Lipinski definition) is 3. The van der Waals surface area contributed by atoms with Gasteiger partial charge in [-0.25, -0.2) is 0 Å². The minimum absolute atomic E-state index is 0.129. The van der Waals surface area contributed by atoms with E-state index in [-0.39, 0.29) is 11.4 Å². The molecule has 0 radical (unpaired) electrons. The van der Waals surface area contributed by atoms with Gasteiger partial charge >= 0.3 is 0 Å². The molecule has 1 aliphatic carbocycles. The van der Waals surface area contributed by atoms with Gasteiger partial charge in [0.1, 0.15) is 0 Å². The molecule has 3 N–H and O–H groups in total. The first-order valence-corrected chi connectivity index (χ1v) is 7.22. The average Bonchev–Trinajstić information content (AvgIpc) is 2.28. The first-order chi connectivity index (χ1) is 8.52.